The smallest absolute Gasteiger partial charge is 0.261 e. The molecule has 0 saturated carbocycles. The van der Waals surface area contributed by atoms with Crippen molar-refractivity contribution in [1.82, 2.24) is 5.32 Å². The van der Waals surface area contributed by atoms with Gasteiger partial charge in [0.15, 0.2) is 6.10 Å². The molecule has 106 valence electrons. The molecule has 4 heteroatoms. The lowest BCUT2D eigenvalue weighted by molar-refractivity contribution is -0.129. The zero-order chi connectivity index (χ0) is 14.1. The number of ether oxygens (including phenoxy) is 1. The van der Waals surface area contributed by atoms with Crippen LogP contribution in [0.4, 0.5) is 0 Å². The van der Waals surface area contributed by atoms with E-state index in [1.54, 1.807) is 0 Å². The number of amides is 1. The summed E-state index contributed by atoms with van der Waals surface area (Å²) >= 11 is 0. The van der Waals surface area contributed by atoms with Crippen molar-refractivity contribution in [2.75, 3.05) is 6.61 Å². The van der Waals surface area contributed by atoms with Crippen LogP contribution in [0, 0.1) is 0 Å². The molecule has 0 saturated heterocycles. The molecule has 2 atom stereocenters. The van der Waals surface area contributed by atoms with Crippen LogP contribution in [0.15, 0.2) is 30.3 Å². The quantitative estimate of drug-likeness (QED) is 0.757. The van der Waals surface area contributed by atoms with Crippen molar-refractivity contribution < 1.29 is 14.6 Å². The van der Waals surface area contributed by atoms with Gasteiger partial charge in [-0.15, -0.1) is 0 Å². The molecule has 0 fully saturated rings. The first kappa shape index (κ1) is 15.5. The maximum atomic E-state index is 12.1. The van der Waals surface area contributed by atoms with Gasteiger partial charge in [0.2, 0.25) is 0 Å². The highest BCUT2D eigenvalue weighted by Crippen LogP contribution is 2.13. The molecule has 0 aliphatic carbocycles. The van der Waals surface area contributed by atoms with E-state index in [2.05, 4.69) is 5.32 Å². The first-order valence-electron chi connectivity index (χ1n) is 6.84. The Morgan fingerprint density at radius 2 is 1.95 bits per heavy atom. The molecule has 0 heterocycles. The molecule has 19 heavy (non-hydrogen) atoms. The predicted molar refractivity (Wildman–Crippen MR) is 75.1 cm³/mol. The first-order valence-corrected chi connectivity index (χ1v) is 6.84. The van der Waals surface area contributed by atoms with Crippen molar-refractivity contribution in [3.8, 4) is 5.75 Å². The molecule has 2 N–H and O–H groups in total. The van der Waals surface area contributed by atoms with E-state index in [1.807, 2.05) is 44.2 Å². The highest BCUT2D eigenvalue weighted by molar-refractivity contribution is 5.81. The number of carbonyl (C=O) groups excluding carboxylic acids is 1. The summed E-state index contributed by atoms with van der Waals surface area (Å²) in [5.41, 5.74) is 0. The van der Waals surface area contributed by atoms with Gasteiger partial charge in [-0.05, 0) is 31.4 Å². The lowest BCUT2D eigenvalue weighted by atomic mass is 10.1. The second-order valence-electron chi connectivity index (χ2n) is 4.45. The lowest BCUT2D eigenvalue weighted by Crippen LogP contribution is -2.43. The summed E-state index contributed by atoms with van der Waals surface area (Å²) in [5.74, 6) is 0.575. The Labute approximate surface area is 114 Å². The van der Waals surface area contributed by atoms with E-state index in [4.69, 9.17) is 9.84 Å². The summed E-state index contributed by atoms with van der Waals surface area (Å²) in [7, 11) is 0. The van der Waals surface area contributed by atoms with Gasteiger partial charge >= 0.3 is 0 Å². The highest BCUT2D eigenvalue weighted by atomic mass is 16.5. The third-order valence-electron chi connectivity index (χ3n) is 3.00. The average molecular weight is 265 g/mol. The van der Waals surface area contributed by atoms with Crippen molar-refractivity contribution in [2.45, 2.75) is 45.3 Å². The van der Waals surface area contributed by atoms with E-state index in [9.17, 15) is 4.79 Å². The molecule has 0 bridgehead atoms. The number of hydrogen-bond donors (Lipinski definition) is 2. The fourth-order valence-corrected chi connectivity index (χ4v) is 1.81. The standard InChI is InChI=1S/C15H23NO3/c1-3-12(10-11-17)16-15(18)14(4-2)19-13-8-6-5-7-9-13/h5-9,12,14,17H,3-4,10-11H2,1-2H3,(H,16,18). The molecule has 2 unspecified atom stereocenters. The maximum absolute atomic E-state index is 12.1. The summed E-state index contributed by atoms with van der Waals surface area (Å²) in [6, 6.07) is 9.33. The molecular weight excluding hydrogens is 242 g/mol. The molecule has 0 aliphatic heterocycles. The number of aliphatic hydroxyl groups excluding tert-OH is 1. The molecule has 1 aromatic carbocycles. The van der Waals surface area contributed by atoms with Gasteiger partial charge in [-0.3, -0.25) is 4.79 Å². The number of carbonyl (C=O) groups is 1. The Balaban J connectivity index is 2.56. The molecule has 0 aromatic heterocycles. The van der Waals surface area contributed by atoms with E-state index >= 15 is 0 Å². The second kappa shape index (κ2) is 8.53. The minimum absolute atomic E-state index is 0.00548. The highest BCUT2D eigenvalue weighted by Gasteiger charge is 2.20. The van der Waals surface area contributed by atoms with Crippen LogP contribution < -0.4 is 10.1 Å². The summed E-state index contributed by atoms with van der Waals surface area (Å²) in [5, 5.41) is 11.8. The molecule has 0 spiro atoms. The molecular formula is C15H23NO3. The number of hydrogen-bond acceptors (Lipinski definition) is 3. The van der Waals surface area contributed by atoms with Crippen molar-refractivity contribution in [3.05, 3.63) is 30.3 Å². The van der Waals surface area contributed by atoms with Gasteiger partial charge in [0.25, 0.3) is 5.91 Å². The van der Waals surface area contributed by atoms with Gasteiger partial charge in [0.1, 0.15) is 5.75 Å². The maximum Gasteiger partial charge on any atom is 0.261 e. The average Bonchev–Trinajstić information content (AvgIpc) is 2.45. The largest absolute Gasteiger partial charge is 0.481 e. The normalized spacial score (nSPS) is 13.6. The number of nitrogens with one attached hydrogen (secondary N) is 1. The Bertz CT molecular complexity index is 367. The van der Waals surface area contributed by atoms with Gasteiger partial charge in [0, 0.05) is 12.6 Å². The minimum atomic E-state index is -0.491. The second-order valence-corrected chi connectivity index (χ2v) is 4.45. The van der Waals surface area contributed by atoms with Crippen LogP contribution >= 0.6 is 0 Å². The fraction of sp³-hybridized carbons (Fsp3) is 0.533. The SMILES string of the molecule is CCC(CCO)NC(=O)C(CC)Oc1ccccc1. The van der Waals surface area contributed by atoms with E-state index in [0.717, 1.165) is 6.42 Å². The molecule has 1 amide bonds. The molecule has 4 nitrogen and oxygen atoms in total. The Morgan fingerprint density at radius 1 is 1.26 bits per heavy atom. The van der Waals surface area contributed by atoms with Crippen LogP contribution in [0.2, 0.25) is 0 Å². The molecule has 1 aromatic rings. The zero-order valence-electron chi connectivity index (χ0n) is 11.6. The summed E-state index contributed by atoms with van der Waals surface area (Å²) in [4.78, 5) is 12.1. The molecule has 0 radical (unpaired) electrons. The van der Waals surface area contributed by atoms with Crippen LogP contribution in [0.1, 0.15) is 33.1 Å². The van der Waals surface area contributed by atoms with Crippen LogP contribution in [0.3, 0.4) is 0 Å². The number of rotatable bonds is 8. The summed E-state index contributed by atoms with van der Waals surface area (Å²) < 4.78 is 5.67. The third-order valence-corrected chi connectivity index (χ3v) is 3.00. The van der Waals surface area contributed by atoms with E-state index in [0.29, 0.717) is 18.6 Å². The van der Waals surface area contributed by atoms with Gasteiger partial charge in [-0.2, -0.15) is 0 Å². The molecule has 1 rings (SSSR count). The Hall–Kier alpha value is -1.55. The predicted octanol–water partition coefficient (Wildman–Crippen LogP) is 2.12. The lowest BCUT2D eigenvalue weighted by Gasteiger charge is -2.21. The number of aliphatic hydroxyl groups is 1. The van der Waals surface area contributed by atoms with E-state index in [-0.39, 0.29) is 18.6 Å². The third kappa shape index (κ3) is 5.30. The van der Waals surface area contributed by atoms with Crippen LogP contribution in [0.5, 0.6) is 5.75 Å². The van der Waals surface area contributed by atoms with Crippen molar-refractivity contribution in [2.24, 2.45) is 0 Å². The summed E-state index contributed by atoms with van der Waals surface area (Å²) in [6.45, 7) is 3.98. The van der Waals surface area contributed by atoms with Gasteiger partial charge in [-0.25, -0.2) is 0 Å². The monoisotopic (exact) mass is 265 g/mol. The van der Waals surface area contributed by atoms with Crippen LogP contribution in [0.25, 0.3) is 0 Å². The number of para-hydroxylation sites is 1. The van der Waals surface area contributed by atoms with Gasteiger partial charge in [-0.1, -0.05) is 32.0 Å². The molecule has 0 aliphatic rings. The van der Waals surface area contributed by atoms with Crippen molar-refractivity contribution in [1.29, 1.82) is 0 Å². The topological polar surface area (TPSA) is 58.6 Å². The van der Waals surface area contributed by atoms with Crippen LogP contribution in [-0.4, -0.2) is 29.8 Å². The summed E-state index contributed by atoms with van der Waals surface area (Å²) in [6.07, 6.45) is 1.49. The van der Waals surface area contributed by atoms with Gasteiger partial charge < -0.3 is 15.2 Å². The Morgan fingerprint density at radius 3 is 2.47 bits per heavy atom. The fourth-order valence-electron chi connectivity index (χ4n) is 1.81. The van der Waals surface area contributed by atoms with Gasteiger partial charge in [0.05, 0.1) is 0 Å². The van der Waals surface area contributed by atoms with Crippen LogP contribution in [-0.2, 0) is 4.79 Å². The minimum Gasteiger partial charge on any atom is -0.481 e. The Kier molecular flexibility index (Phi) is 6.97. The first-order chi connectivity index (χ1) is 9.21. The van der Waals surface area contributed by atoms with Crippen molar-refractivity contribution in [3.63, 3.8) is 0 Å². The van der Waals surface area contributed by atoms with E-state index < -0.39 is 6.10 Å². The number of benzene rings is 1. The van der Waals surface area contributed by atoms with Crippen molar-refractivity contribution >= 4 is 5.91 Å². The zero-order valence-corrected chi connectivity index (χ0v) is 11.6. The van der Waals surface area contributed by atoms with E-state index in [1.165, 1.54) is 0 Å².